The molecule has 0 spiro atoms. The molecule has 24 heavy (non-hydrogen) atoms. The topological polar surface area (TPSA) is 46.5 Å². The number of amides is 2. The van der Waals surface area contributed by atoms with Gasteiger partial charge in [0, 0.05) is 38.3 Å². The van der Waals surface area contributed by atoms with Crippen molar-refractivity contribution in [2.75, 3.05) is 26.1 Å². The van der Waals surface area contributed by atoms with E-state index in [4.69, 9.17) is 4.74 Å². The highest BCUT2D eigenvalue weighted by atomic mass is 16.5. The summed E-state index contributed by atoms with van der Waals surface area (Å²) >= 11 is 0. The summed E-state index contributed by atoms with van der Waals surface area (Å²) in [6, 6.07) is 8.49. The van der Waals surface area contributed by atoms with Crippen molar-refractivity contribution in [3.63, 3.8) is 0 Å². The van der Waals surface area contributed by atoms with Crippen LogP contribution in [0.3, 0.4) is 0 Å². The molecule has 0 radical (unpaired) electrons. The van der Waals surface area contributed by atoms with Gasteiger partial charge in [-0.1, -0.05) is 37.5 Å². The van der Waals surface area contributed by atoms with Gasteiger partial charge in [-0.25, -0.2) is 4.79 Å². The molecule has 0 saturated heterocycles. The van der Waals surface area contributed by atoms with Gasteiger partial charge < -0.3 is 19.5 Å². The highest BCUT2D eigenvalue weighted by molar-refractivity contribution is 6.01. The van der Waals surface area contributed by atoms with Gasteiger partial charge in [-0.15, -0.1) is 0 Å². The van der Waals surface area contributed by atoms with E-state index in [1.165, 1.54) is 19.3 Å². The summed E-state index contributed by atoms with van der Waals surface area (Å²) in [6.07, 6.45) is 7.96. The normalized spacial score (nSPS) is 15.6. The second-order valence-corrected chi connectivity index (χ2v) is 6.58. The van der Waals surface area contributed by atoms with Crippen molar-refractivity contribution in [3.8, 4) is 0 Å². The van der Waals surface area contributed by atoms with E-state index in [9.17, 15) is 4.79 Å². The minimum Gasteiger partial charge on any atom is -0.383 e. The number of carbonyl (C=O) groups is 1. The number of nitrogens with zero attached hydrogens (tertiary/aromatic N) is 2. The van der Waals surface area contributed by atoms with Crippen LogP contribution in [0.25, 0.3) is 10.9 Å². The molecular formula is C19H27N3O2. The fourth-order valence-electron chi connectivity index (χ4n) is 3.56. The first kappa shape index (κ1) is 16.8. The molecule has 2 aromatic rings. The molecule has 1 aliphatic rings. The van der Waals surface area contributed by atoms with Crippen LogP contribution >= 0.6 is 0 Å². The summed E-state index contributed by atoms with van der Waals surface area (Å²) in [4.78, 5) is 14.5. The summed E-state index contributed by atoms with van der Waals surface area (Å²) < 4.78 is 7.32. The van der Waals surface area contributed by atoms with Gasteiger partial charge in [-0.05, 0) is 18.9 Å². The number of urea groups is 1. The standard InChI is InChI=1S/C19H27N3O2/c1-21(15-8-4-3-5-9-15)19(23)20-17-14-22(12-13-24-2)18-11-7-6-10-16(17)18/h6-7,10-11,14-15H,3-5,8-9,12-13H2,1-2H3,(H,20,23). The Bertz CT molecular complexity index is 689. The largest absolute Gasteiger partial charge is 0.383 e. The zero-order valence-corrected chi connectivity index (χ0v) is 14.6. The van der Waals surface area contributed by atoms with Crippen LogP contribution in [0, 0.1) is 0 Å². The summed E-state index contributed by atoms with van der Waals surface area (Å²) in [5, 5.41) is 4.17. The molecule has 130 valence electrons. The Hall–Kier alpha value is -2.01. The number of nitrogens with one attached hydrogen (secondary N) is 1. The van der Waals surface area contributed by atoms with Crippen LogP contribution in [-0.2, 0) is 11.3 Å². The van der Waals surface area contributed by atoms with Gasteiger partial charge in [0.25, 0.3) is 0 Å². The summed E-state index contributed by atoms with van der Waals surface area (Å²) in [5.74, 6) is 0. The second-order valence-electron chi connectivity index (χ2n) is 6.58. The number of ether oxygens (including phenoxy) is 1. The fourth-order valence-corrected chi connectivity index (χ4v) is 3.56. The third-order valence-electron chi connectivity index (χ3n) is 5.01. The molecule has 3 rings (SSSR count). The molecule has 1 aliphatic carbocycles. The van der Waals surface area contributed by atoms with Crippen LogP contribution in [0.5, 0.6) is 0 Å². The van der Waals surface area contributed by atoms with E-state index in [1.807, 2.05) is 30.3 Å². The van der Waals surface area contributed by atoms with Gasteiger partial charge in [0.15, 0.2) is 0 Å². The van der Waals surface area contributed by atoms with Crippen LogP contribution in [0.1, 0.15) is 32.1 Å². The van der Waals surface area contributed by atoms with Crippen molar-refractivity contribution in [3.05, 3.63) is 30.5 Å². The van der Waals surface area contributed by atoms with E-state index in [0.717, 1.165) is 36.0 Å². The molecule has 1 aromatic carbocycles. The Labute approximate surface area is 143 Å². The quantitative estimate of drug-likeness (QED) is 0.898. The molecule has 1 heterocycles. The Morgan fingerprint density at radius 3 is 2.79 bits per heavy atom. The van der Waals surface area contributed by atoms with Gasteiger partial charge >= 0.3 is 6.03 Å². The Balaban J connectivity index is 1.77. The SMILES string of the molecule is COCCn1cc(NC(=O)N(C)C2CCCCC2)c2ccccc21. The molecule has 0 unspecified atom stereocenters. The molecule has 5 heteroatoms. The lowest BCUT2D eigenvalue weighted by atomic mass is 9.95. The number of aromatic nitrogens is 1. The van der Waals surface area contributed by atoms with E-state index in [-0.39, 0.29) is 6.03 Å². The smallest absolute Gasteiger partial charge is 0.321 e. The van der Waals surface area contributed by atoms with Crippen molar-refractivity contribution < 1.29 is 9.53 Å². The Morgan fingerprint density at radius 2 is 2.04 bits per heavy atom. The monoisotopic (exact) mass is 329 g/mol. The van der Waals surface area contributed by atoms with Gasteiger partial charge in [0.1, 0.15) is 0 Å². The molecule has 1 aromatic heterocycles. The van der Waals surface area contributed by atoms with E-state index >= 15 is 0 Å². The molecule has 0 aliphatic heterocycles. The molecular weight excluding hydrogens is 302 g/mol. The summed E-state index contributed by atoms with van der Waals surface area (Å²) in [6.45, 7) is 1.42. The van der Waals surface area contributed by atoms with Crippen LogP contribution < -0.4 is 5.32 Å². The Morgan fingerprint density at radius 1 is 1.29 bits per heavy atom. The number of fused-ring (bicyclic) bond motifs is 1. The predicted octanol–water partition coefficient (Wildman–Crippen LogP) is 4.08. The third kappa shape index (κ3) is 3.56. The van der Waals surface area contributed by atoms with Gasteiger partial charge in [-0.2, -0.15) is 0 Å². The first-order valence-corrected chi connectivity index (χ1v) is 8.81. The molecule has 1 N–H and O–H groups in total. The maximum absolute atomic E-state index is 12.7. The van der Waals surface area contributed by atoms with E-state index < -0.39 is 0 Å². The van der Waals surface area contributed by atoms with Crippen LogP contribution in [0.2, 0.25) is 0 Å². The molecule has 1 saturated carbocycles. The molecule has 1 fully saturated rings. The van der Waals surface area contributed by atoms with Crippen molar-refractivity contribution in [2.24, 2.45) is 0 Å². The Kier molecular flexibility index (Phi) is 5.41. The number of benzene rings is 1. The fraction of sp³-hybridized carbons (Fsp3) is 0.526. The maximum Gasteiger partial charge on any atom is 0.321 e. The summed E-state index contributed by atoms with van der Waals surface area (Å²) in [7, 11) is 3.61. The van der Waals surface area contributed by atoms with Crippen molar-refractivity contribution in [1.82, 2.24) is 9.47 Å². The second kappa shape index (κ2) is 7.71. The van der Waals surface area contributed by atoms with Crippen molar-refractivity contribution >= 4 is 22.6 Å². The van der Waals surface area contributed by atoms with E-state index in [1.54, 1.807) is 7.11 Å². The van der Waals surface area contributed by atoms with E-state index in [2.05, 4.69) is 22.0 Å². The third-order valence-corrected chi connectivity index (χ3v) is 5.01. The number of rotatable bonds is 5. The van der Waals surface area contributed by atoms with E-state index in [0.29, 0.717) is 12.6 Å². The van der Waals surface area contributed by atoms with Crippen LogP contribution in [0.15, 0.2) is 30.5 Å². The number of carbonyl (C=O) groups excluding carboxylic acids is 1. The summed E-state index contributed by atoms with van der Waals surface area (Å²) in [5.41, 5.74) is 1.99. The minimum atomic E-state index is -0.0171. The van der Waals surface area contributed by atoms with Gasteiger partial charge in [-0.3, -0.25) is 0 Å². The number of hydrogen-bond acceptors (Lipinski definition) is 2. The highest BCUT2D eigenvalue weighted by Gasteiger charge is 2.22. The first-order valence-electron chi connectivity index (χ1n) is 8.81. The first-order chi connectivity index (χ1) is 11.7. The highest BCUT2D eigenvalue weighted by Crippen LogP contribution is 2.27. The average Bonchev–Trinajstić information content (AvgIpc) is 2.98. The number of hydrogen-bond donors (Lipinski definition) is 1. The predicted molar refractivity (Wildman–Crippen MR) is 97.5 cm³/mol. The van der Waals surface area contributed by atoms with Crippen molar-refractivity contribution in [2.45, 2.75) is 44.7 Å². The lowest BCUT2D eigenvalue weighted by Gasteiger charge is -2.31. The lowest BCUT2D eigenvalue weighted by Crippen LogP contribution is -2.40. The number of methoxy groups -OCH3 is 1. The molecule has 0 bridgehead atoms. The van der Waals surface area contributed by atoms with Gasteiger partial charge in [0.2, 0.25) is 0 Å². The van der Waals surface area contributed by atoms with Crippen molar-refractivity contribution in [1.29, 1.82) is 0 Å². The zero-order valence-electron chi connectivity index (χ0n) is 14.6. The zero-order chi connectivity index (χ0) is 16.9. The molecule has 2 amide bonds. The average molecular weight is 329 g/mol. The number of para-hydroxylation sites is 1. The lowest BCUT2D eigenvalue weighted by molar-refractivity contribution is 0.186. The molecule has 5 nitrogen and oxygen atoms in total. The van der Waals surface area contributed by atoms with Crippen LogP contribution in [0.4, 0.5) is 10.5 Å². The number of anilines is 1. The van der Waals surface area contributed by atoms with Crippen LogP contribution in [-0.4, -0.2) is 42.3 Å². The molecule has 0 atom stereocenters. The van der Waals surface area contributed by atoms with Gasteiger partial charge in [0.05, 0.1) is 17.8 Å². The minimum absolute atomic E-state index is 0.0171. The maximum atomic E-state index is 12.7.